The molecule has 10 heteroatoms. The first-order valence-electron chi connectivity index (χ1n) is 22.8. The van der Waals surface area contributed by atoms with Gasteiger partial charge in [0.15, 0.2) is 0 Å². The summed E-state index contributed by atoms with van der Waals surface area (Å²) in [5.74, 6) is 4.54. The lowest BCUT2D eigenvalue weighted by Crippen LogP contribution is -2.10. The van der Waals surface area contributed by atoms with Gasteiger partial charge >= 0.3 is 0 Å². The van der Waals surface area contributed by atoms with Crippen molar-refractivity contribution in [3.63, 3.8) is 0 Å². The number of aromatic nitrogens is 1. The molecule has 10 nitrogen and oxygen atoms in total. The lowest BCUT2D eigenvalue weighted by molar-refractivity contribution is 0.414. The Morgan fingerprint density at radius 1 is 0.257 bits per heavy atom. The Kier molecular flexibility index (Phi) is 12.6. The largest absolute Gasteiger partial charge is 0.497 e. The molecule has 0 saturated carbocycles. The Balaban J connectivity index is 1.19. The summed E-state index contributed by atoms with van der Waals surface area (Å²) in [5.41, 5.74) is 11.6. The standard InChI is InChI=1S/C60H52N4O6/c1-65-51-19-7-13-43(33-51)61(44-14-8-20-52(34-44)66-2)41-25-27-42(28-26-41)64-59-31-29-49(62(45-15-9-21-53(35-45)67-3)46-16-10-22-54(36-46)68-4)39-57(59)58-40-50(30-32-60(58)64)63(47-17-11-23-55(37-47)69-5)48-18-12-24-56(38-48)70-6/h7-40H,1-6H3. The van der Waals surface area contributed by atoms with Crippen LogP contribution in [0, 0.1) is 0 Å². The fourth-order valence-electron chi connectivity index (χ4n) is 9.15. The third kappa shape index (κ3) is 8.70. The minimum Gasteiger partial charge on any atom is -0.497 e. The van der Waals surface area contributed by atoms with Crippen LogP contribution in [0.5, 0.6) is 34.5 Å². The van der Waals surface area contributed by atoms with E-state index in [2.05, 4.69) is 116 Å². The predicted molar refractivity (Wildman–Crippen MR) is 284 cm³/mol. The molecular formula is C60H52N4O6. The zero-order valence-electron chi connectivity index (χ0n) is 39.9. The Labute approximate surface area is 408 Å². The van der Waals surface area contributed by atoms with Crippen LogP contribution in [0.1, 0.15) is 0 Å². The normalized spacial score (nSPS) is 11.0. The molecule has 0 saturated heterocycles. The van der Waals surface area contributed by atoms with Gasteiger partial charge in [-0.2, -0.15) is 0 Å². The number of fused-ring (bicyclic) bond motifs is 3. The second-order valence-electron chi connectivity index (χ2n) is 16.5. The first-order chi connectivity index (χ1) is 34.4. The van der Waals surface area contributed by atoms with Crippen LogP contribution in [-0.2, 0) is 0 Å². The smallest absolute Gasteiger partial charge is 0.120 e. The molecule has 10 rings (SSSR count). The van der Waals surface area contributed by atoms with Crippen LogP contribution in [-0.4, -0.2) is 47.2 Å². The number of hydrogen-bond acceptors (Lipinski definition) is 9. The zero-order chi connectivity index (χ0) is 48.1. The minimum atomic E-state index is 0.753. The number of methoxy groups -OCH3 is 6. The maximum absolute atomic E-state index is 5.74. The van der Waals surface area contributed by atoms with Crippen molar-refractivity contribution in [1.29, 1.82) is 0 Å². The van der Waals surface area contributed by atoms with Crippen LogP contribution in [0.15, 0.2) is 206 Å². The lowest BCUT2D eigenvalue weighted by atomic mass is 10.1. The van der Waals surface area contributed by atoms with Gasteiger partial charge in [0.25, 0.3) is 0 Å². The number of nitrogens with zero attached hydrogens (tertiary/aromatic N) is 4. The van der Waals surface area contributed by atoms with Crippen molar-refractivity contribution in [1.82, 2.24) is 4.57 Å². The van der Waals surface area contributed by atoms with Gasteiger partial charge in [0.1, 0.15) is 34.5 Å². The molecule has 0 aliphatic heterocycles. The Morgan fingerprint density at radius 3 is 0.771 bits per heavy atom. The predicted octanol–water partition coefficient (Wildman–Crippen LogP) is 15.2. The van der Waals surface area contributed by atoms with E-state index in [0.717, 1.165) is 113 Å². The molecule has 0 atom stereocenters. The van der Waals surface area contributed by atoms with Crippen LogP contribution in [0.25, 0.3) is 27.5 Å². The Morgan fingerprint density at radius 2 is 0.500 bits per heavy atom. The third-order valence-electron chi connectivity index (χ3n) is 12.5. The van der Waals surface area contributed by atoms with Crippen LogP contribution in [0.4, 0.5) is 51.2 Å². The highest BCUT2D eigenvalue weighted by atomic mass is 16.5. The van der Waals surface area contributed by atoms with E-state index in [1.54, 1.807) is 42.7 Å². The van der Waals surface area contributed by atoms with Gasteiger partial charge in [0.2, 0.25) is 0 Å². The summed E-state index contributed by atoms with van der Waals surface area (Å²) in [6, 6.07) is 70.6. The number of anilines is 9. The van der Waals surface area contributed by atoms with E-state index >= 15 is 0 Å². The van der Waals surface area contributed by atoms with Gasteiger partial charge in [-0.1, -0.05) is 36.4 Å². The summed E-state index contributed by atoms with van der Waals surface area (Å²) < 4.78 is 36.7. The maximum Gasteiger partial charge on any atom is 0.120 e. The Hall–Kier alpha value is -9.02. The molecule has 10 aromatic rings. The van der Waals surface area contributed by atoms with E-state index in [1.807, 2.05) is 109 Å². The van der Waals surface area contributed by atoms with Crippen molar-refractivity contribution in [2.45, 2.75) is 0 Å². The molecule has 0 radical (unpaired) electrons. The van der Waals surface area contributed by atoms with Gasteiger partial charge in [-0.3, -0.25) is 0 Å². The second kappa shape index (κ2) is 19.7. The van der Waals surface area contributed by atoms with E-state index in [1.165, 1.54) is 0 Å². The summed E-state index contributed by atoms with van der Waals surface area (Å²) in [6.07, 6.45) is 0. The maximum atomic E-state index is 5.74. The molecule has 1 aromatic heterocycles. The molecule has 0 fully saturated rings. The van der Waals surface area contributed by atoms with Crippen molar-refractivity contribution in [2.75, 3.05) is 57.4 Å². The number of rotatable bonds is 16. The van der Waals surface area contributed by atoms with Crippen molar-refractivity contribution in [3.8, 4) is 40.2 Å². The van der Waals surface area contributed by atoms with Gasteiger partial charge in [0.05, 0.1) is 53.7 Å². The summed E-state index contributed by atoms with van der Waals surface area (Å²) in [7, 11) is 10.1. The van der Waals surface area contributed by atoms with Gasteiger partial charge in [-0.05, 0) is 133 Å². The van der Waals surface area contributed by atoms with E-state index in [4.69, 9.17) is 28.4 Å². The minimum absolute atomic E-state index is 0.753. The molecule has 1 heterocycles. The lowest BCUT2D eigenvalue weighted by Gasteiger charge is -2.26. The topological polar surface area (TPSA) is 70.0 Å². The zero-order valence-corrected chi connectivity index (χ0v) is 39.9. The molecule has 0 spiro atoms. The van der Waals surface area contributed by atoms with Crippen LogP contribution < -0.4 is 43.1 Å². The summed E-state index contributed by atoms with van der Waals surface area (Å²) >= 11 is 0. The van der Waals surface area contributed by atoms with Crippen molar-refractivity contribution >= 4 is 73.0 Å². The molecule has 0 aliphatic carbocycles. The molecule has 0 amide bonds. The fraction of sp³-hybridized carbons (Fsp3) is 0.100. The molecular weight excluding hydrogens is 873 g/mol. The molecule has 0 bridgehead atoms. The molecule has 348 valence electrons. The summed E-state index contributed by atoms with van der Waals surface area (Å²) in [5, 5.41) is 2.11. The SMILES string of the molecule is COc1cccc(N(c2ccc(-n3c4ccc(N(c5cccc(OC)c5)c5cccc(OC)c5)cc4c4cc(N(c5cccc(OC)c5)c5cccc(OC)c5)ccc43)cc2)c2cccc(OC)c2)c1. The molecule has 0 unspecified atom stereocenters. The molecule has 70 heavy (non-hydrogen) atoms. The summed E-state index contributed by atoms with van der Waals surface area (Å²) in [4.78, 5) is 6.67. The summed E-state index contributed by atoms with van der Waals surface area (Å²) in [6.45, 7) is 0. The monoisotopic (exact) mass is 924 g/mol. The highest BCUT2D eigenvalue weighted by molar-refractivity contribution is 6.12. The molecule has 0 N–H and O–H groups in total. The first-order valence-corrected chi connectivity index (χ1v) is 22.8. The average molecular weight is 925 g/mol. The van der Waals surface area contributed by atoms with Crippen molar-refractivity contribution in [2.24, 2.45) is 0 Å². The quantitative estimate of drug-likeness (QED) is 0.0942. The van der Waals surface area contributed by atoms with E-state index in [-0.39, 0.29) is 0 Å². The van der Waals surface area contributed by atoms with E-state index in [9.17, 15) is 0 Å². The van der Waals surface area contributed by atoms with Gasteiger partial charge in [0, 0.05) is 104 Å². The third-order valence-corrected chi connectivity index (χ3v) is 12.5. The second-order valence-corrected chi connectivity index (χ2v) is 16.5. The van der Waals surface area contributed by atoms with Crippen LogP contribution in [0.3, 0.4) is 0 Å². The first kappa shape index (κ1) is 44.8. The Bertz CT molecular complexity index is 3160. The molecule has 9 aromatic carbocycles. The fourth-order valence-corrected chi connectivity index (χ4v) is 9.15. The van der Waals surface area contributed by atoms with Crippen LogP contribution >= 0.6 is 0 Å². The van der Waals surface area contributed by atoms with Gasteiger partial charge in [-0.25, -0.2) is 0 Å². The number of hydrogen-bond donors (Lipinski definition) is 0. The number of benzene rings is 9. The van der Waals surface area contributed by atoms with E-state index in [0.29, 0.717) is 0 Å². The van der Waals surface area contributed by atoms with Gasteiger partial charge in [-0.15, -0.1) is 0 Å². The highest BCUT2D eigenvalue weighted by Gasteiger charge is 2.22. The number of ether oxygens (including phenoxy) is 6. The van der Waals surface area contributed by atoms with Gasteiger partial charge < -0.3 is 47.7 Å². The average Bonchev–Trinajstić information content (AvgIpc) is 3.74. The van der Waals surface area contributed by atoms with E-state index < -0.39 is 0 Å². The van der Waals surface area contributed by atoms with Crippen LogP contribution in [0.2, 0.25) is 0 Å². The van der Waals surface area contributed by atoms with Crippen molar-refractivity contribution in [3.05, 3.63) is 206 Å². The molecule has 0 aliphatic rings. The highest BCUT2D eigenvalue weighted by Crippen LogP contribution is 2.45. The van der Waals surface area contributed by atoms with Crippen molar-refractivity contribution < 1.29 is 28.4 Å².